The van der Waals surface area contributed by atoms with E-state index in [1.807, 2.05) is 13.8 Å². The van der Waals surface area contributed by atoms with Crippen LogP contribution in [0.15, 0.2) is 18.2 Å². The van der Waals surface area contributed by atoms with Gasteiger partial charge in [-0.15, -0.1) is 0 Å². The molecule has 2 N–H and O–H groups in total. The SMILES string of the molecule is CC(C)C(CO)NCc1nc(C2=CCC3(CC2)OCCO3)ccc1F. The van der Waals surface area contributed by atoms with Crippen LogP contribution in [0.25, 0.3) is 5.57 Å². The van der Waals surface area contributed by atoms with Crippen LogP contribution >= 0.6 is 0 Å². The van der Waals surface area contributed by atoms with Crippen molar-refractivity contribution in [1.29, 1.82) is 0 Å². The van der Waals surface area contributed by atoms with E-state index in [-0.39, 0.29) is 24.4 Å². The molecule has 0 amide bonds. The number of aliphatic hydroxyl groups excluding tert-OH is 1. The average Bonchev–Trinajstić information content (AvgIpc) is 3.05. The Kier molecular flexibility index (Phi) is 5.84. The van der Waals surface area contributed by atoms with E-state index in [1.165, 1.54) is 6.07 Å². The van der Waals surface area contributed by atoms with Gasteiger partial charge in [0.05, 0.1) is 31.2 Å². The molecule has 3 rings (SSSR count). The summed E-state index contributed by atoms with van der Waals surface area (Å²) in [6.07, 6.45) is 4.40. The van der Waals surface area contributed by atoms with Crippen molar-refractivity contribution in [2.75, 3.05) is 19.8 Å². The van der Waals surface area contributed by atoms with Gasteiger partial charge in [-0.2, -0.15) is 0 Å². The third-order valence-electron chi connectivity index (χ3n) is 5.03. The van der Waals surface area contributed by atoms with Gasteiger partial charge >= 0.3 is 0 Å². The van der Waals surface area contributed by atoms with Crippen molar-refractivity contribution in [3.05, 3.63) is 35.4 Å². The number of aromatic nitrogens is 1. The van der Waals surface area contributed by atoms with Gasteiger partial charge in [0.1, 0.15) is 5.82 Å². The lowest BCUT2D eigenvalue weighted by Gasteiger charge is -2.30. The van der Waals surface area contributed by atoms with E-state index in [4.69, 9.17) is 9.47 Å². The van der Waals surface area contributed by atoms with Crippen molar-refractivity contribution in [3.63, 3.8) is 0 Å². The summed E-state index contributed by atoms with van der Waals surface area (Å²) in [4.78, 5) is 4.51. The lowest BCUT2D eigenvalue weighted by atomic mass is 9.92. The van der Waals surface area contributed by atoms with Gasteiger partial charge in [-0.3, -0.25) is 0 Å². The van der Waals surface area contributed by atoms with Crippen LogP contribution in [0.1, 0.15) is 44.5 Å². The molecule has 0 aromatic carbocycles. The first kappa shape index (κ1) is 18.5. The van der Waals surface area contributed by atoms with Crippen LogP contribution in [0.3, 0.4) is 0 Å². The second kappa shape index (κ2) is 7.91. The van der Waals surface area contributed by atoms with Crippen LogP contribution in [0.5, 0.6) is 0 Å². The standard InChI is InChI=1S/C19H27FN2O3/c1-13(2)18(12-23)21-11-17-15(20)3-4-16(22-17)14-5-7-19(8-6-14)24-9-10-25-19/h3-5,13,18,21,23H,6-12H2,1-2H3. The third kappa shape index (κ3) is 4.26. The molecule has 138 valence electrons. The molecule has 0 radical (unpaired) electrons. The van der Waals surface area contributed by atoms with E-state index in [1.54, 1.807) is 6.07 Å². The third-order valence-corrected chi connectivity index (χ3v) is 5.03. The average molecular weight is 350 g/mol. The Morgan fingerprint density at radius 1 is 1.32 bits per heavy atom. The van der Waals surface area contributed by atoms with Gasteiger partial charge in [0.25, 0.3) is 0 Å². The van der Waals surface area contributed by atoms with Crippen molar-refractivity contribution in [3.8, 4) is 0 Å². The van der Waals surface area contributed by atoms with Crippen LogP contribution in [0, 0.1) is 11.7 Å². The maximum atomic E-state index is 14.1. The minimum Gasteiger partial charge on any atom is -0.395 e. The fourth-order valence-corrected chi connectivity index (χ4v) is 3.33. The van der Waals surface area contributed by atoms with Gasteiger partial charge < -0.3 is 19.9 Å². The minimum absolute atomic E-state index is 0.0201. The number of halogens is 1. The Morgan fingerprint density at radius 2 is 2.08 bits per heavy atom. The summed E-state index contributed by atoms with van der Waals surface area (Å²) in [5.41, 5.74) is 2.29. The van der Waals surface area contributed by atoms with Gasteiger partial charge in [-0.1, -0.05) is 19.9 Å². The highest BCUT2D eigenvalue weighted by atomic mass is 19.1. The number of ether oxygens (including phenoxy) is 2. The first-order chi connectivity index (χ1) is 12.0. The topological polar surface area (TPSA) is 63.6 Å². The van der Waals surface area contributed by atoms with Crippen LogP contribution < -0.4 is 5.32 Å². The summed E-state index contributed by atoms with van der Waals surface area (Å²) in [6.45, 7) is 5.65. The van der Waals surface area contributed by atoms with Crippen molar-refractivity contribution in [2.45, 2.75) is 51.5 Å². The molecule has 1 aromatic heterocycles. The maximum absolute atomic E-state index is 14.1. The molecule has 1 unspecified atom stereocenters. The van der Waals surface area contributed by atoms with Crippen molar-refractivity contribution in [1.82, 2.24) is 10.3 Å². The minimum atomic E-state index is -0.459. The maximum Gasteiger partial charge on any atom is 0.172 e. The van der Waals surface area contributed by atoms with E-state index in [0.29, 0.717) is 31.9 Å². The quantitative estimate of drug-likeness (QED) is 0.826. The second-order valence-electron chi connectivity index (χ2n) is 7.08. The number of rotatable bonds is 6. The zero-order chi connectivity index (χ0) is 17.9. The Bertz CT molecular complexity index is 627. The van der Waals surface area contributed by atoms with Crippen molar-refractivity contribution >= 4 is 5.57 Å². The number of allylic oxidation sites excluding steroid dienone is 1. The summed E-state index contributed by atoms with van der Waals surface area (Å²) < 4.78 is 25.6. The molecule has 1 saturated heterocycles. The Balaban J connectivity index is 1.70. The predicted octanol–water partition coefficient (Wildman–Crippen LogP) is 2.64. The summed E-state index contributed by atoms with van der Waals surface area (Å²) in [6, 6.07) is 3.12. The molecule has 1 aromatic rings. The summed E-state index contributed by atoms with van der Waals surface area (Å²) in [7, 11) is 0. The number of aliphatic hydroxyl groups is 1. The molecular weight excluding hydrogens is 323 g/mol. The van der Waals surface area contributed by atoms with Crippen LogP contribution in [-0.4, -0.2) is 41.7 Å². The fraction of sp³-hybridized carbons (Fsp3) is 0.632. The van der Waals surface area contributed by atoms with E-state index < -0.39 is 5.79 Å². The van der Waals surface area contributed by atoms with Crippen LogP contribution in [0.4, 0.5) is 4.39 Å². The normalized spacial score (nSPS) is 20.9. The molecule has 0 saturated carbocycles. The number of hydrogen-bond donors (Lipinski definition) is 2. The molecule has 1 atom stereocenters. The molecule has 0 bridgehead atoms. The fourth-order valence-electron chi connectivity index (χ4n) is 3.33. The van der Waals surface area contributed by atoms with Crippen molar-refractivity contribution in [2.24, 2.45) is 5.92 Å². The summed E-state index contributed by atoms with van der Waals surface area (Å²) in [5, 5.41) is 12.6. The smallest absolute Gasteiger partial charge is 0.172 e. The Labute approximate surface area is 148 Å². The van der Waals surface area contributed by atoms with Gasteiger partial charge in [0.15, 0.2) is 5.79 Å². The van der Waals surface area contributed by atoms with Gasteiger partial charge in [0.2, 0.25) is 0 Å². The number of nitrogens with zero attached hydrogens (tertiary/aromatic N) is 1. The highest BCUT2D eigenvalue weighted by Crippen LogP contribution is 2.37. The predicted molar refractivity (Wildman–Crippen MR) is 93.2 cm³/mol. The van der Waals surface area contributed by atoms with Gasteiger partial charge in [0, 0.05) is 25.4 Å². The van der Waals surface area contributed by atoms with Crippen molar-refractivity contribution < 1.29 is 19.0 Å². The van der Waals surface area contributed by atoms with E-state index in [0.717, 1.165) is 24.1 Å². The first-order valence-electron chi connectivity index (χ1n) is 9.00. The lowest BCUT2D eigenvalue weighted by Crippen LogP contribution is -2.37. The van der Waals surface area contributed by atoms with E-state index >= 15 is 0 Å². The molecule has 1 fully saturated rings. The lowest BCUT2D eigenvalue weighted by molar-refractivity contribution is -0.159. The van der Waals surface area contributed by atoms with E-state index in [9.17, 15) is 9.50 Å². The highest BCUT2D eigenvalue weighted by Gasteiger charge is 2.37. The zero-order valence-corrected chi connectivity index (χ0v) is 14.9. The van der Waals surface area contributed by atoms with Crippen LogP contribution in [-0.2, 0) is 16.0 Å². The summed E-state index contributed by atoms with van der Waals surface area (Å²) >= 11 is 0. The largest absolute Gasteiger partial charge is 0.395 e. The van der Waals surface area contributed by atoms with Gasteiger partial charge in [-0.05, 0) is 30.0 Å². The molecular formula is C19H27FN2O3. The van der Waals surface area contributed by atoms with Gasteiger partial charge in [-0.25, -0.2) is 9.37 Å². The molecule has 1 aliphatic carbocycles. The number of pyridine rings is 1. The molecule has 1 aliphatic heterocycles. The first-order valence-corrected chi connectivity index (χ1v) is 9.00. The molecule has 2 aliphatic rings. The van der Waals surface area contributed by atoms with Crippen LogP contribution in [0.2, 0.25) is 0 Å². The Hall–Kier alpha value is -1.34. The molecule has 6 heteroatoms. The number of nitrogens with one attached hydrogen (secondary N) is 1. The summed E-state index contributed by atoms with van der Waals surface area (Å²) in [5.74, 6) is -0.522. The monoisotopic (exact) mass is 350 g/mol. The molecule has 2 heterocycles. The zero-order valence-electron chi connectivity index (χ0n) is 14.9. The molecule has 25 heavy (non-hydrogen) atoms. The molecule has 1 spiro atoms. The molecule has 5 nitrogen and oxygen atoms in total. The number of hydrogen-bond acceptors (Lipinski definition) is 5. The van der Waals surface area contributed by atoms with E-state index in [2.05, 4.69) is 16.4 Å². The highest BCUT2D eigenvalue weighted by molar-refractivity contribution is 5.63. The second-order valence-corrected chi connectivity index (χ2v) is 7.08. The Morgan fingerprint density at radius 3 is 2.68 bits per heavy atom.